The Labute approximate surface area is 116 Å². The quantitative estimate of drug-likeness (QED) is 0.807. The summed E-state index contributed by atoms with van der Waals surface area (Å²) in [7, 11) is 0. The van der Waals surface area contributed by atoms with Gasteiger partial charge in [0.1, 0.15) is 0 Å². The Morgan fingerprint density at radius 1 is 1.21 bits per heavy atom. The van der Waals surface area contributed by atoms with Crippen LogP contribution < -0.4 is 5.32 Å². The molecule has 1 amide bonds. The Balaban J connectivity index is 1.63. The summed E-state index contributed by atoms with van der Waals surface area (Å²) in [6.07, 6.45) is 3.65. The second-order valence-corrected chi connectivity index (χ2v) is 6.58. The molecule has 108 valence electrons. The number of piperidine rings is 1. The molecule has 0 saturated carbocycles. The highest BCUT2D eigenvalue weighted by atomic mass is 16.2. The van der Waals surface area contributed by atoms with Crippen LogP contribution in [0.15, 0.2) is 0 Å². The normalized spacial score (nSPS) is 37.4. The monoisotopic (exact) mass is 265 g/mol. The van der Waals surface area contributed by atoms with Gasteiger partial charge in [-0.2, -0.15) is 0 Å². The number of nitrogens with zero attached hydrogens (tertiary/aromatic N) is 2. The van der Waals surface area contributed by atoms with Gasteiger partial charge in [0, 0.05) is 25.7 Å². The number of hydrogen-bond acceptors (Lipinski definition) is 3. The van der Waals surface area contributed by atoms with E-state index in [1.165, 1.54) is 19.3 Å². The number of nitrogens with one attached hydrogen (secondary N) is 1. The molecular weight excluding hydrogens is 238 g/mol. The van der Waals surface area contributed by atoms with Gasteiger partial charge in [0.05, 0.1) is 6.04 Å². The Bertz CT molecular complexity index is 340. The van der Waals surface area contributed by atoms with Crippen LogP contribution >= 0.6 is 0 Å². The number of fused-ring (bicyclic) bond motifs is 1. The second kappa shape index (κ2) is 5.41. The van der Waals surface area contributed by atoms with Crippen molar-refractivity contribution in [2.24, 2.45) is 11.8 Å². The molecule has 0 radical (unpaired) electrons. The van der Waals surface area contributed by atoms with E-state index < -0.39 is 0 Å². The second-order valence-electron chi connectivity index (χ2n) is 6.58. The third-order valence-corrected chi connectivity index (χ3v) is 5.50. The van der Waals surface area contributed by atoms with Crippen LogP contribution in [0, 0.1) is 11.8 Å². The zero-order valence-electron chi connectivity index (χ0n) is 12.3. The summed E-state index contributed by atoms with van der Waals surface area (Å²) in [6, 6.07) is 0.613. The maximum absolute atomic E-state index is 12.6. The van der Waals surface area contributed by atoms with E-state index in [0.717, 1.165) is 44.6 Å². The van der Waals surface area contributed by atoms with Crippen molar-refractivity contribution in [3.63, 3.8) is 0 Å². The molecule has 3 aliphatic rings. The van der Waals surface area contributed by atoms with Crippen LogP contribution in [0.25, 0.3) is 0 Å². The molecule has 4 nitrogen and oxygen atoms in total. The Hall–Kier alpha value is -0.610. The highest BCUT2D eigenvalue weighted by Gasteiger charge is 2.45. The van der Waals surface area contributed by atoms with Crippen LogP contribution in [0.2, 0.25) is 0 Å². The first-order valence-electron chi connectivity index (χ1n) is 7.93. The summed E-state index contributed by atoms with van der Waals surface area (Å²) in [5.74, 6) is 1.86. The maximum Gasteiger partial charge on any atom is 0.239 e. The number of carbonyl (C=O) groups excluding carboxylic acids is 1. The third kappa shape index (κ3) is 2.40. The molecule has 3 rings (SSSR count). The predicted octanol–water partition coefficient (Wildman–Crippen LogP) is 0.927. The van der Waals surface area contributed by atoms with E-state index in [1.807, 2.05) is 0 Å². The van der Waals surface area contributed by atoms with E-state index in [4.69, 9.17) is 0 Å². The molecule has 0 aromatic rings. The van der Waals surface area contributed by atoms with Gasteiger partial charge >= 0.3 is 0 Å². The Morgan fingerprint density at radius 3 is 2.63 bits per heavy atom. The molecule has 4 heteroatoms. The van der Waals surface area contributed by atoms with Crippen LogP contribution in [-0.4, -0.2) is 60.5 Å². The number of rotatable bonds is 2. The van der Waals surface area contributed by atoms with E-state index in [0.29, 0.717) is 11.9 Å². The van der Waals surface area contributed by atoms with Gasteiger partial charge in [-0.3, -0.25) is 9.69 Å². The molecule has 1 N–H and O–H groups in total. The first kappa shape index (κ1) is 13.4. The summed E-state index contributed by atoms with van der Waals surface area (Å²) in [5.41, 5.74) is 0. The molecule has 0 aromatic heterocycles. The van der Waals surface area contributed by atoms with Crippen molar-refractivity contribution in [1.82, 2.24) is 15.1 Å². The van der Waals surface area contributed by atoms with Gasteiger partial charge in [-0.25, -0.2) is 0 Å². The minimum absolute atomic E-state index is 0.0682. The summed E-state index contributed by atoms with van der Waals surface area (Å²) in [5, 5.41) is 3.48. The lowest BCUT2D eigenvalue weighted by Gasteiger charge is -2.35. The van der Waals surface area contributed by atoms with Crippen LogP contribution in [0.4, 0.5) is 0 Å². The van der Waals surface area contributed by atoms with Gasteiger partial charge in [0.25, 0.3) is 0 Å². The topological polar surface area (TPSA) is 35.6 Å². The van der Waals surface area contributed by atoms with E-state index in [2.05, 4.69) is 29.0 Å². The van der Waals surface area contributed by atoms with Gasteiger partial charge < -0.3 is 10.2 Å². The number of hydrogen-bond donors (Lipinski definition) is 1. The molecule has 19 heavy (non-hydrogen) atoms. The molecule has 3 saturated heterocycles. The molecule has 3 heterocycles. The van der Waals surface area contributed by atoms with Crippen molar-refractivity contribution in [3.05, 3.63) is 0 Å². The lowest BCUT2D eigenvalue weighted by Crippen LogP contribution is -2.50. The summed E-state index contributed by atoms with van der Waals surface area (Å²) in [6.45, 7) is 9.72. The average Bonchev–Trinajstić information content (AvgIpc) is 3.02. The molecule has 3 fully saturated rings. The maximum atomic E-state index is 12.6. The molecule has 4 atom stereocenters. The SMILES string of the molecule is CC(C(=O)N1CCCCC1)N1CC2CNCC2C1C. The van der Waals surface area contributed by atoms with Crippen LogP contribution in [0.1, 0.15) is 33.1 Å². The highest BCUT2D eigenvalue weighted by Crippen LogP contribution is 2.34. The fourth-order valence-corrected chi connectivity index (χ4v) is 4.23. The van der Waals surface area contributed by atoms with Crippen molar-refractivity contribution >= 4 is 5.91 Å². The first-order valence-corrected chi connectivity index (χ1v) is 7.93. The highest BCUT2D eigenvalue weighted by molar-refractivity contribution is 5.81. The summed E-state index contributed by atoms with van der Waals surface area (Å²) >= 11 is 0. The Kier molecular flexibility index (Phi) is 3.81. The molecule has 4 unspecified atom stereocenters. The van der Waals surface area contributed by atoms with E-state index in [1.54, 1.807) is 0 Å². The lowest BCUT2D eigenvalue weighted by molar-refractivity contribution is -0.137. The Morgan fingerprint density at radius 2 is 1.95 bits per heavy atom. The number of amides is 1. The van der Waals surface area contributed by atoms with Gasteiger partial charge in [0.2, 0.25) is 5.91 Å². The molecule has 0 spiro atoms. The predicted molar refractivity (Wildman–Crippen MR) is 75.9 cm³/mol. The largest absolute Gasteiger partial charge is 0.341 e. The van der Waals surface area contributed by atoms with Gasteiger partial charge in [-0.05, 0) is 58.0 Å². The van der Waals surface area contributed by atoms with Crippen molar-refractivity contribution in [2.75, 3.05) is 32.7 Å². The zero-order chi connectivity index (χ0) is 13.4. The summed E-state index contributed by atoms with van der Waals surface area (Å²) < 4.78 is 0. The van der Waals surface area contributed by atoms with Gasteiger partial charge in [-0.15, -0.1) is 0 Å². The molecule has 3 aliphatic heterocycles. The van der Waals surface area contributed by atoms with Crippen molar-refractivity contribution < 1.29 is 4.79 Å². The lowest BCUT2D eigenvalue weighted by atomic mass is 9.95. The smallest absolute Gasteiger partial charge is 0.239 e. The van der Waals surface area contributed by atoms with E-state index in [9.17, 15) is 4.79 Å². The first-order chi connectivity index (χ1) is 9.18. The molecule has 0 aliphatic carbocycles. The van der Waals surface area contributed by atoms with Gasteiger partial charge in [-0.1, -0.05) is 0 Å². The van der Waals surface area contributed by atoms with Crippen molar-refractivity contribution in [3.8, 4) is 0 Å². The molecule has 0 aromatic carbocycles. The molecular formula is C15H27N3O. The minimum Gasteiger partial charge on any atom is -0.341 e. The third-order valence-electron chi connectivity index (χ3n) is 5.50. The average molecular weight is 265 g/mol. The van der Waals surface area contributed by atoms with Crippen molar-refractivity contribution in [1.29, 1.82) is 0 Å². The number of carbonyl (C=O) groups is 1. The fraction of sp³-hybridized carbons (Fsp3) is 0.933. The zero-order valence-corrected chi connectivity index (χ0v) is 12.3. The van der Waals surface area contributed by atoms with Crippen LogP contribution in [0.3, 0.4) is 0 Å². The van der Waals surface area contributed by atoms with E-state index >= 15 is 0 Å². The number of likely N-dealkylation sites (tertiary alicyclic amines) is 2. The van der Waals surface area contributed by atoms with E-state index in [-0.39, 0.29) is 6.04 Å². The summed E-state index contributed by atoms with van der Waals surface area (Å²) in [4.78, 5) is 17.2. The standard InChI is InChI=1S/C15H27N3O/c1-11-14-9-16-8-13(14)10-18(11)12(2)15(19)17-6-4-3-5-7-17/h11-14,16H,3-10H2,1-2H3. The fourth-order valence-electron chi connectivity index (χ4n) is 4.23. The van der Waals surface area contributed by atoms with Crippen LogP contribution in [0.5, 0.6) is 0 Å². The molecule has 0 bridgehead atoms. The van der Waals surface area contributed by atoms with Crippen LogP contribution in [-0.2, 0) is 4.79 Å². The minimum atomic E-state index is 0.0682. The van der Waals surface area contributed by atoms with Crippen molar-refractivity contribution in [2.45, 2.75) is 45.2 Å². The van der Waals surface area contributed by atoms with Gasteiger partial charge in [0.15, 0.2) is 0 Å².